The average molecular weight is 382 g/mol. The monoisotopic (exact) mass is 382 g/mol. The summed E-state index contributed by atoms with van der Waals surface area (Å²) >= 11 is 0. The largest absolute Gasteiger partial charge is 0.508 e. The molecule has 1 atom stereocenters. The van der Waals surface area contributed by atoms with Crippen molar-refractivity contribution in [3.8, 4) is 5.75 Å². The highest BCUT2D eigenvalue weighted by Gasteiger charge is 2.27. The van der Waals surface area contributed by atoms with Gasteiger partial charge in [-0.05, 0) is 38.0 Å². The highest BCUT2D eigenvalue weighted by Crippen LogP contribution is 2.29. The van der Waals surface area contributed by atoms with Gasteiger partial charge in [-0.2, -0.15) is 0 Å². The number of piperidine rings is 1. The summed E-state index contributed by atoms with van der Waals surface area (Å²) in [6.07, 6.45) is 1.94. The fraction of sp³-hybridized carbons (Fsp3) is 0.476. The maximum atomic E-state index is 12.9. The number of hydrogen-bond donors (Lipinski definition) is 1. The molecule has 1 aromatic carbocycles. The van der Waals surface area contributed by atoms with Crippen LogP contribution in [0, 0.1) is 6.92 Å². The normalized spacial score (nSPS) is 20.2. The van der Waals surface area contributed by atoms with E-state index in [1.165, 1.54) is 6.07 Å². The molecule has 1 N–H and O–H groups in total. The minimum atomic E-state index is -0.0419. The van der Waals surface area contributed by atoms with Crippen LogP contribution < -0.4 is 4.90 Å². The lowest BCUT2D eigenvalue weighted by atomic mass is 9.93. The van der Waals surface area contributed by atoms with Crippen LogP contribution in [0.25, 0.3) is 0 Å². The van der Waals surface area contributed by atoms with Gasteiger partial charge in [0.25, 0.3) is 5.91 Å². The molecule has 0 saturated carbocycles. The van der Waals surface area contributed by atoms with Crippen LogP contribution in [0.3, 0.4) is 0 Å². The molecule has 0 radical (unpaired) electrons. The van der Waals surface area contributed by atoms with E-state index in [9.17, 15) is 9.90 Å². The summed E-state index contributed by atoms with van der Waals surface area (Å²) in [7, 11) is 0. The van der Waals surface area contributed by atoms with Crippen molar-refractivity contribution in [1.29, 1.82) is 0 Å². The summed E-state index contributed by atoms with van der Waals surface area (Å²) in [4.78, 5) is 26.3. The maximum Gasteiger partial charge on any atom is 0.254 e. The van der Waals surface area contributed by atoms with Crippen LogP contribution in [-0.4, -0.2) is 65.3 Å². The zero-order valence-electron chi connectivity index (χ0n) is 16.2. The third-order valence-corrected chi connectivity index (χ3v) is 5.40. The molecule has 1 unspecified atom stereocenters. The van der Waals surface area contributed by atoms with Gasteiger partial charge in [0.1, 0.15) is 17.4 Å². The molecule has 4 rings (SSSR count). The molecule has 2 aromatic rings. The number of ether oxygens (including phenoxy) is 1. The number of benzene rings is 1. The standard InChI is InChI=1S/C21H26N4O3/c1-15-22-19(13-20(23-15)24-8-10-28-11-9-24)17-5-3-7-25(14-17)21(27)16-4-2-6-18(26)12-16/h2,4,6,12-13,17,26H,3,5,7-11,14H2,1H3. The summed E-state index contributed by atoms with van der Waals surface area (Å²) in [5, 5.41) is 9.67. The third-order valence-electron chi connectivity index (χ3n) is 5.40. The van der Waals surface area contributed by atoms with Gasteiger partial charge >= 0.3 is 0 Å². The molecular weight excluding hydrogens is 356 g/mol. The van der Waals surface area contributed by atoms with Crippen LogP contribution in [-0.2, 0) is 4.74 Å². The number of anilines is 1. The van der Waals surface area contributed by atoms with Crippen molar-refractivity contribution in [3.63, 3.8) is 0 Å². The maximum absolute atomic E-state index is 12.9. The van der Waals surface area contributed by atoms with Crippen molar-refractivity contribution in [2.45, 2.75) is 25.7 Å². The van der Waals surface area contributed by atoms with E-state index < -0.39 is 0 Å². The lowest BCUT2D eigenvalue weighted by Crippen LogP contribution is -2.40. The van der Waals surface area contributed by atoms with Crippen molar-refractivity contribution in [3.05, 3.63) is 47.4 Å². The minimum absolute atomic E-state index is 0.0419. The van der Waals surface area contributed by atoms with E-state index in [1.54, 1.807) is 18.2 Å². The van der Waals surface area contributed by atoms with Crippen LogP contribution in [0.5, 0.6) is 5.75 Å². The fourth-order valence-corrected chi connectivity index (χ4v) is 3.96. The van der Waals surface area contributed by atoms with Gasteiger partial charge in [0.2, 0.25) is 0 Å². The molecular formula is C21H26N4O3. The first-order chi connectivity index (χ1) is 13.6. The van der Waals surface area contributed by atoms with E-state index in [2.05, 4.69) is 20.9 Å². The van der Waals surface area contributed by atoms with Gasteiger partial charge in [-0.1, -0.05) is 6.07 Å². The van der Waals surface area contributed by atoms with Gasteiger partial charge < -0.3 is 19.6 Å². The summed E-state index contributed by atoms with van der Waals surface area (Å²) in [6.45, 7) is 6.39. The number of phenolic OH excluding ortho intramolecular Hbond substituents is 1. The lowest BCUT2D eigenvalue weighted by molar-refractivity contribution is 0.0705. The number of nitrogens with zero attached hydrogens (tertiary/aromatic N) is 4. The first-order valence-corrected chi connectivity index (χ1v) is 9.87. The molecule has 2 aliphatic rings. The van der Waals surface area contributed by atoms with Crippen LogP contribution in [0.15, 0.2) is 30.3 Å². The predicted octanol–water partition coefficient (Wildman–Crippen LogP) is 2.35. The predicted molar refractivity (Wildman–Crippen MR) is 106 cm³/mol. The molecule has 1 amide bonds. The molecule has 0 aliphatic carbocycles. The number of aryl methyl sites for hydroxylation is 1. The summed E-state index contributed by atoms with van der Waals surface area (Å²) < 4.78 is 5.44. The van der Waals surface area contributed by atoms with Crippen LogP contribution in [0.2, 0.25) is 0 Å². The number of morpholine rings is 1. The first-order valence-electron chi connectivity index (χ1n) is 9.87. The molecule has 3 heterocycles. The summed E-state index contributed by atoms with van der Waals surface area (Å²) in [5.41, 5.74) is 1.52. The number of phenols is 1. The van der Waals surface area contributed by atoms with E-state index in [0.29, 0.717) is 25.3 Å². The van der Waals surface area contributed by atoms with Crippen molar-refractivity contribution in [2.75, 3.05) is 44.3 Å². The van der Waals surface area contributed by atoms with Gasteiger partial charge in [0.05, 0.1) is 18.9 Å². The van der Waals surface area contributed by atoms with E-state index in [-0.39, 0.29) is 17.6 Å². The smallest absolute Gasteiger partial charge is 0.254 e. The van der Waals surface area contributed by atoms with Gasteiger partial charge in [0, 0.05) is 43.7 Å². The van der Waals surface area contributed by atoms with Crippen molar-refractivity contribution < 1.29 is 14.6 Å². The number of hydrogen-bond acceptors (Lipinski definition) is 6. The Hall–Kier alpha value is -2.67. The Bertz CT molecular complexity index is 851. The second-order valence-electron chi connectivity index (χ2n) is 7.44. The summed E-state index contributed by atoms with van der Waals surface area (Å²) in [6, 6.07) is 8.62. The van der Waals surface area contributed by atoms with Gasteiger partial charge in [-0.15, -0.1) is 0 Å². The highest BCUT2D eigenvalue weighted by atomic mass is 16.5. The molecule has 1 aromatic heterocycles. The number of aromatic hydroxyl groups is 1. The Morgan fingerprint density at radius 2 is 2.00 bits per heavy atom. The molecule has 2 saturated heterocycles. The fourth-order valence-electron chi connectivity index (χ4n) is 3.96. The number of rotatable bonds is 3. The van der Waals surface area contributed by atoms with E-state index >= 15 is 0 Å². The van der Waals surface area contributed by atoms with Crippen molar-refractivity contribution in [1.82, 2.24) is 14.9 Å². The first kappa shape index (κ1) is 18.7. The average Bonchev–Trinajstić information content (AvgIpc) is 2.73. The zero-order chi connectivity index (χ0) is 19.5. The van der Waals surface area contributed by atoms with E-state index in [4.69, 9.17) is 4.74 Å². The minimum Gasteiger partial charge on any atom is -0.508 e. The Labute approximate surface area is 165 Å². The molecule has 28 heavy (non-hydrogen) atoms. The molecule has 7 nitrogen and oxygen atoms in total. The zero-order valence-corrected chi connectivity index (χ0v) is 16.2. The topological polar surface area (TPSA) is 78.8 Å². The second-order valence-corrected chi connectivity index (χ2v) is 7.44. The second kappa shape index (κ2) is 8.14. The Morgan fingerprint density at radius 3 is 2.79 bits per heavy atom. The van der Waals surface area contributed by atoms with E-state index in [1.807, 2.05) is 11.8 Å². The molecule has 0 spiro atoms. The van der Waals surface area contributed by atoms with Crippen LogP contribution in [0.4, 0.5) is 5.82 Å². The Morgan fingerprint density at radius 1 is 1.18 bits per heavy atom. The van der Waals surface area contributed by atoms with Crippen molar-refractivity contribution in [2.24, 2.45) is 0 Å². The van der Waals surface area contributed by atoms with Crippen LogP contribution >= 0.6 is 0 Å². The van der Waals surface area contributed by atoms with Gasteiger partial charge in [-0.25, -0.2) is 9.97 Å². The molecule has 148 valence electrons. The van der Waals surface area contributed by atoms with Crippen LogP contribution in [0.1, 0.15) is 40.6 Å². The third kappa shape index (κ3) is 4.09. The van der Waals surface area contributed by atoms with E-state index in [0.717, 1.165) is 49.8 Å². The van der Waals surface area contributed by atoms with Gasteiger partial charge in [0.15, 0.2) is 0 Å². The quantitative estimate of drug-likeness (QED) is 0.878. The molecule has 2 aliphatic heterocycles. The number of carbonyl (C=O) groups excluding carboxylic acids is 1. The number of likely N-dealkylation sites (tertiary alicyclic amines) is 1. The highest BCUT2D eigenvalue weighted by molar-refractivity contribution is 5.94. The van der Waals surface area contributed by atoms with Crippen molar-refractivity contribution >= 4 is 11.7 Å². The molecule has 7 heteroatoms. The molecule has 2 fully saturated rings. The molecule has 0 bridgehead atoms. The van der Waals surface area contributed by atoms with Gasteiger partial charge in [-0.3, -0.25) is 4.79 Å². The lowest BCUT2D eigenvalue weighted by Gasteiger charge is -2.33. The Kier molecular flexibility index (Phi) is 5.43. The number of aromatic nitrogens is 2. The number of carbonyl (C=O) groups is 1. The Balaban J connectivity index is 1.52. The SMILES string of the molecule is Cc1nc(C2CCCN(C(=O)c3cccc(O)c3)C2)cc(N2CCOCC2)n1. The number of amides is 1. The summed E-state index contributed by atoms with van der Waals surface area (Å²) in [5.74, 6) is 1.97.